The highest BCUT2D eigenvalue weighted by molar-refractivity contribution is 5.09. The average molecular weight is 220 g/mol. The quantitative estimate of drug-likeness (QED) is 0.737. The third kappa shape index (κ3) is 1.77. The number of hydrogen-bond acceptors (Lipinski definition) is 3. The predicted molar refractivity (Wildman–Crippen MR) is 59.3 cm³/mol. The molecule has 2 atom stereocenters. The lowest BCUT2D eigenvalue weighted by Gasteiger charge is -2.14. The third-order valence-corrected chi connectivity index (χ3v) is 2.41. The first kappa shape index (κ1) is 10.6. The van der Waals surface area contributed by atoms with Crippen molar-refractivity contribution >= 4 is 0 Å². The van der Waals surface area contributed by atoms with Gasteiger partial charge in [0.15, 0.2) is 6.23 Å². The summed E-state index contributed by atoms with van der Waals surface area (Å²) in [6, 6.07) is 0. The van der Waals surface area contributed by atoms with Gasteiger partial charge >= 0.3 is 5.69 Å². The lowest BCUT2D eigenvalue weighted by atomic mass is 10.3. The molecule has 0 radical (unpaired) electrons. The van der Waals surface area contributed by atoms with Gasteiger partial charge in [0, 0.05) is 11.8 Å². The average Bonchev–Trinajstić information content (AvgIpc) is 2.71. The Hall–Kier alpha value is -1.88. The van der Waals surface area contributed by atoms with Crippen molar-refractivity contribution in [3.05, 3.63) is 57.4 Å². The summed E-state index contributed by atoms with van der Waals surface area (Å²) >= 11 is 0. The van der Waals surface area contributed by atoms with Crippen LogP contribution in [0.4, 0.5) is 0 Å². The summed E-state index contributed by atoms with van der Waals surface area (Å²) in [5, 5.41) is 0. The minimum Gasteiger partial charge on any atom is -0.343 e. The summed E-state index contributed by atoms with van der Waals surface area (Å²) < 4.78 is 6.83. The van der Waals surface area contributed by atoms with Crippen LogP contribution in [0.2, 0.25) is 0 Å². The topological polar surface area (TPSA) is 64.1 Å². The molecule has 5 nitrogen and oxygen atoms in total. The normalized spacial score (nSPS) is 23.6. The highest BCUT2D eigenvalue weighted by Gasteiger charge is 2.19. The van der Waals surface area contributed by atoms with Crippen LogP contribution in [0.1, 0.15) is 11.8 Å². The number of hydrogen-bond donors (Lipinski definition) is 1. The van der Waals surface area contributed by atoms with Gasteiger partial charge < -0.3 is 4.74 Å². The summed E-state index contributed by atoms with van der Waals surface area (Å²) in [7, 11) is 0. The van der Waals surface area contributed by atoms with Crippen LogP contribution >= 0.6 is 0 Å². The molecule has 0 bridgehead atoms. The minimum absolute atomic E-state index is 0.191. The number of H-pyrrole nitrogens is 1. The fourth-order valence-corrected chi connectivity index (χ4v) is 1.52. The van der Waals surface area contributed by atoms with E-state index in [1.807, 2.05) is 6.08 Å². The van der Waals surface area contributed by atoms with E-state index < -0.39 is 11.9 Å². The van der Waals surface area contributed by atoms with E-state index in [0.717, 1.165) is 0 Å². The zero-order valence-corrected chi connectivity index (χ0v) is 8.84. The zero-order chi connectivity index (χ0) is 11.7. The Labute approximate surface area is 91.7 Å². The highest BCUT2D eigenvalue weighted by Crippen LogP contribution is 2.19. The van der Waals surface area contributed by atoms with Crippen LogP contribution < -0.4 is 11.2 Å². The highest BCUT2D eigenvalue weighted by atomic mass is 16.5. The molecule has 0 unspecified atom stereocenters. The van der Waals surface area contributed by atoms with Gasteiger partial charge in [0.2, 0.25) is 0 Å². The minimum atomic E-state index is -0.481. The zero-order valence-electron chi connectivity index (χ0n) is 8.84. The van der Waals surface area contributed by atoms with E-state index in [4.69, 9.17) is 4.74 Å². The molecule has 1 aliphatic rings. The molecule has 0 spiro atoms. The molecule has 0 amide bonds. The SMILES string of the molecule is C=C[C@@H]1C=C[C@H](n2cc(C)c(=O)[nH]c2=O)O1. The summed E-state index contributed by atoms with van der Waals surface area (Å²) in [6.45, 7) is 5.24. The Morgan fingerprint density at radius 3 is 2.88 bits per heavy atom. The molecule has 1 aliphatic heterocycles. The largest absolute Gasteiger partial charge is 0.343 e. The molecule has 0 aromatic carbocycles. The first-order valence-corrected chi connectivity index (χ1v) is 4.90. The van der Waals surface area contributed by atoms with E-state index in [9.17, 15) is 9.59 Å². The van der Waals surface area contributed by atoms with Gasteiger partial charge in [0.1, 0.15) is 0 Å². The number of rotatable bonds is 2. The molecule has 1 aromatic rings. The van der Waals surface area contributed by atoms with Gasteiger partial charge in [-0.1, -0.05) is 12.2 Å². The lowest BCUT2D eigenvalue weighted by molar-refractivity contribution is 0.0374. The summed E-state index contributed by atoms with van der Waals surface area (Å²) in [6.07, 6.45) is 6.02. The van der Waals surface area contributed by atoms with Gasteiger partial charge in [-0.15, -0.1) is 6.58 Å². The van der Waals surface area contributed by atoms with Crippen molar-refractivity contribution < 1.29 is 4.74 Å². The van der Waals surface area contributed by atoms with Gasteiger partial charge in [-0.3, -0.25) is 14.3 Å². The van der Waals surface area contributed by atoms with Crippen LogP contribution in [0.25, 0.3) is 0 Å². The Balaban J connectivity index is 2.40. The number of aromatic amines is 1. The second kappa shape index (κ2) is 3.94. The second-order valence-electron chi connectivity index (χ2n) is 3.59. The van der Waals surface area contributed by atoms with E-state index in [0.29, 0.717) is 5.56 Å². The van der Waals surface area contributed by atoms with E-state index >= 15 is 0 Å². The van der Waals surface area contributed by atoms with Crippen molar-refractivity contribution in [2.75, 3.05) is 0 Å². The molecule has 1 aromatic heterocycles. The fraction of sp³-hybridized carbons (Fsp3) is 0.273. The molecule has 84 valence electrons. The van der Waals surface area contributed by atoms with Crippen molar-refractivity contribution in [3.63, 3.8) is 0 Å². The molecule has 0 saturated carbocycles. The van der Waals surface area contributed by atoms with Crippen LogP contribution in [0.3, 0.4) is 0 Å². The van der Waals surface area contributed by atoms with Crippen molar-refractivity contribution in [2.24, 2.45) is 0 Å². The number of aryl methyl sites for hydroxylation is 1. The predicted octanol–water partition coefficient (Wildman–Crippen LogP) is 0.485. The van der Waals surface area contributed by atoms with Crippen LogP contribution in [0.15, 0.2) is 40.6 Å². The smallest absolute Gasteiger partial charge is 0.330 e. The monoisotopic (exact) mass is 220 g/mol. The van der Waals surface area contributed by atoms with Gasteiger partial charge in [-0.25, -0.2) is 4.79 Å². The van der Waals surface area contributed by atoms with Crippen molar-refractivity contribution in [2.45, 2.75) is 19.3 Å². The lowest BCUT2D eigenvalue weighted by Crippen LogP contribution is -2.33. The molecule has 0 saturated heterocycles. The fourth-order valence-electron chi connectivity index (χ4n) is 1.52. The van der Waals surface area contributed by atoms with E-state index in [2.05, 4.69) is 11.6 Å². The van der Waals surface area contributed by atoms with Gasteiger partial charge in [0.25, 0.3) is 5.56 Å². The van der Waals surface area contributed by atoms with Crippen LogP contribution in [0.5, 0.6) is 0 Å². The number of nitrogens with one attached hydrogen (secondary N) is 1. The van der Waals surface area contributed by atoms with Gasteiger partial charge in [-0.2, -0.15) is 0 Å². The number of aromatic nitrogens is 2. The van der Waals surface area contributed by atoms with Crippen molar-refractivity contribution in [1.82, 2.24) is 9.55 Å². The van der Waals surface area contributed by atoms with Crippen LogP contribution in [0, 0.1) is 6.92 Å². The van der Waals surface area contributed by atoms with Crippen molar-refractivity contribution in [1.29, 1.82) is 0 Å². The Bertz CT molecular complexity index is 553. The molecular weight excluding hydrogens is 208 g/mol. The molecule has 2 rings (SSSR count). The maximum Gasteiger partial charge on any atom is 0.330 e. The molecule has 0 fully saturated rings. The Morgan fingerprint density at radius 2 is 2.25 bits per heavy atom. The third-order valence-electron chi connectivity index (χ3n) is 2.41. The maximum atomic E-state index is 11.5. The van der Waals surface area contributed by atoms with Gasteiger partial charge in [-0.05, 0) is 13.0 Å². The first-order valence-electron chi connectivity index (χ1n) is 4.90. The van der Waals surface area contributed by atoms with Crippen LogP contribution in [-0.2, 0) is 4.74 Å². The first-order chi connectivity index (χ1) is 7.61. The van der Waals surface area contributed by atoms with E-state index in [1.165, 1.54) is 10.8 Å². The van der Waals surface area contributed by atoms with E-state index in [1.54, 1.807) is 19.1 Å². The number of ether oxygens (including phenoxy) is 1. The molecular formula is C11H12N2O3. The molecule has 0 aliphatic carbocycles. The van der Waals surface area contributed by atoms with Gasteiger partial charge in [0.05, 0.1) is 6.10 Å². The van der Waals surface area contributed by atoms with Crippen molar-refractivity contribution in [3.8, 4) is 0 Å². The summed E-state index contributed by atoms with van der Waals surface area (Å²) in [5.41, 5.74) is -0.378. The Kier molecular flexibility index (Phi) is 2.62. The summed E-state index contributed by atoms with van der Waals surface area (Å²) in [4.78, 5) is 25.0. The Morgan fingerprint density at radius 1 is 1.50 bits per heavy atom. The second-order valence-corrected chi connectivity index (χ2v) is 3.59. The molecule has 16 heavy (non-hydrogen) atoms. The summed E-state index contributed by atoms with van der Waals surface area (Å²) in [5.74, 6) is 0. The molecule has 2 heterocycles. The number of nitrogens with zero attached hydrogens (tertiary/aromatic N) is 1. The molecule has 5 heteroatoms. The van der Waals surface area contributed by atoms with E-state index in [-0.39, 0.29) is 11.7 Å². The molecule has 1 N–H and O–H groups in total. The van der Waals surface area contributed by atoms with Crippen LogP contribution in [-0.4, -0.2) is 15.7 Å². The maximum absolute atomic E-state index is 11.5. The standard InChI is InChI=1S/C11H12N2O3/c1-3-8-4-5-9(16-8)13-6-7(2)10(14)12-11(13)15/h3-6,8-9H,1H2,2H3,(H,12,14,15)/t8-,9-/m1/s1.